The number of rotatable bonds is 3. The van der Waals surface area contributed by atoms with E-state index < -0.39 is 5.97 Å². The van der Waals surface area contributed by atoms with Gasteiger partial charge in [0.2, 0.25) is 0 Å². The summed E-state index contributed by atoms with van der Waals surface area (Å²) in [6.07, 6.45) is 14.1. The Labute approximate surface area is 146 Å². The van der Waals surface area contributed by atoms with Crippen molar-refractivity contribution in [2.24, 2.45) is 0 Å². The van der Waals surface area contributed by atoms with Crippen LogP contribution in [0, 0.1) is 20.0 Å². The molecule has 24 heavy (non-hydrogen) atoms. The zero-order valence-corrected chi connectivity index (χ0v) is 15.2. The van der Waals surface area contributed by atoms with Gasteiger partial charge >= 0.3 is 5.97 Å². The Hall–Kier alpha value is -1.35. The fourth-order valence-corrected chi connectivity index (χ4v) is 3.19. The summed E-state index contributed by atoms with van der Waals surface area (Å²) in [5.41, 5.74) is 2.55. The number of carbonyl (C=O) groups is 1. The normalized spacial score (nSPS) is 18.4. The van der Waals surface area contributed by atoms with Gasteiger partial charge in [0.25, 0.3) is 0 Å². The van der Waals surface area contributed by atoms with Crippen LogP contribution in [0.4, 0.5) is 0 Å². The minimum Gasteiger partial charge on any atom is -0.292 e. The van der Waals surface area contributed by atoms with Crippen LogP contribution in [-0.2, 0) is 9.78 Å². The van der Waals surface area contributed by atoms with Crippen LogP contribution in [0.3, 0.4) is 0 Å². The number of carbonyl (C=O) groups excluding carboxylic acids is 1. The van der Waals surface area contributed by atoms with Crippen LogP contribution in [0.1, 0.15) is 92.1 Å². The Kier molecular flexibility index (Phi) is 8.31. The highest BCUT2D eigenvalue weighted by Gasteiger charge is 2.17. The molecule has 1 aromatic carbocycles. The molecule has 0 spiro atoms. The summed E-state index contributed by atoms with van der Waals surface area (Å²) in [6, 6.07) is 5.79. The monoisotopic (exact) mass is 331 g/mol. The number of hydrogen-bond acceptors (Lipinski definition) is 3. The molecule has 1 fully saturated rings. The van der Waals surface area contributed by atoms with E-state index in [1.165, 1.54) is 44.9 Å². The maximum atomic E-state index is 12.3. The Morgan fingerprint density at radius 1 is 0.833 bits per heavy atom. The first kappa shape index (κ1) is 19.0. The van der Waals surface area contributed by atoms with Crippen LogP contribution < -0.4 is 0 Å². The molecule has 0 saturated heterocycles. The van der Waals surface area contributed by atoms with E-state index >= 15 is 0 Å². The summed E-state index contributed by atoms with van der Waals surface area (Å²) in [4.78, 5) is 22.9. The summed E-state index contributed by atoms with van der Waals surface area (Å²) in [6.45, 7) is 3.89. The van der Waals surface area contributed by atoms with Crippen molar-refractivity contribution >= 4 is 5.97 Å². The van der Waals surface area contributed by atoms with E-state index in [9.17, 15) is 4.79 Å². The molecule has 1 aromatic rings. The SMILES string of the molecule is Cc1ccc(C)c(C(=O)OO[C]2CCCCCCCCCCC2)c1. The second kappa shape index (κ2) is 10.5. The molecule has 0 bridgehead atoms. The minimum atomic E-state index is -0.394. The lowest BCUT2D eigenvalue weighted by Crippen LogP contribution is -2.12. The van der Waals surface area contributed by atoms with Crippen LogP contribution in [0.25, 0.3) is 0 Å². The van der Waals surface area contributed by atoms with Gasteiger partial charge < -0.3 is 0 Å². The average molecular weight is 331 g/mol. The van der Waals surface area contributed by atoms with E-state index in [0.717, 1.165) is 42.9 Å². The van der Waals surface area contributed by atoms with Crippen molar-refractivity contribution in [3.63, 3.8) is 0 Å². The van der Waals surface area contributed by atoms with E-state index in [2.05, 4.69) is 0 Å². The Morgan fingerprint density at radius 2 is 1.38 bits per heavy atom. The number of hydrogen-bond donors (Lipinski definition) is 0. The van der Waals surface area contributed by atoms with Crippen LogP contribution >= 0.6 is 0 Å². The molecule has 2 rings (SSSR count). The summed E-state index contributed by atoms with van der Waals surface area (Å²) in [5.74, 6) is -0.394. The summed E-state index contributed by atoms with van der Waals surface area (Å²) in [7, 11) is 0. The lowest BCUT2D eigenvalue weighted by molar-refractivity contribution is -0.237. The van der Waals surface area contributed by atoms with Crippen molar-refractivity contribution in [3.05, 3.63) is 41.0 Å². The number of benzene rings is 1. The van der Waals surface area contributed by atoms with Gasteiger partial charge in [0.1, 0.15) is 6.10 Å². The molecule has 0 amide bonds. The second-order valence-corrected chi connectivity index (χ2v) is 6.99. The zero-order chi connectivity index (χ0) is 17.2. The van der Waals surface area contributed by atoms with Crippen LogP contribution in [0.5, 0.6) is 0 Å². The van der Waals surface area contributed by atoms with Crippen LogP contribution in [0.15, 0.2) is 18.2 Å². The van der Waals surface area contributed by atoms with Gasteiger partial charge in [-0.25, -0.2) is 4.79 Å². The molecule has 3 heteroatoms. The van der Waals surface area contributed by atoms with E-state index in [4.69, 9.17) is 9.78 Å². The van der Waals surface area contributed by atoms with E-state index in [0.29, 0.717) is 5.56 Å². The summed E-state index contributed by atoms with van der Waals surface area (Å²) >= 11 is 0. The molecule has 1 radical (unpaired) electrons. The van der Waals surface area contributed by atoms with Gasteiger partial charge in [-0.05, 0) is 38.3 Å². The highest BCUT2D eigenvalue weighted by atomic mass is 17.2. The molecule has 0 heterocycles. The van der Waals surface area contributed by atoms with Gasteiger partial charge in [-0.1, -0.05) is 75.5 Å². The predicted octanol–water partition coefficient (Wildman–Crippen LogP) is 6.23. The number of aryl methyl sites for hydroxylation is 2. The molecular weight excluding hydrogens is 300 g/mol. The molecule has 3 nitrogen and oxygen atoms in total. The highest BCUT2D eigenvalue weighted by Crippen LogP contribution is 2.24. The largest absolute Gasteiger partial charge is 0.373 e. The van der Waals surface area contributed by atoms with E-state index in [1.807, 2.05) is 32.0 Å². The zero-order valence-electron chi connectivity index (χ0n) is 15.2. The Morgan fingerprint density at radius 3 is 1.96 bits per heavy atom. The molecule has 1 aliphatic rings. The maximum Gasteiger partial charge on any atom is 0.373 e. The third kappa shape index (κ3) is 6.64. The molecule has 0 atom stereocenters. The highest BCUT2D eigenvalue weighted by molar-refractivity contribution is 5.90. The Balaban J connectivity index is 1.84. The smallest absolute Gasteiger partial charge is 0.292 e. The fourth-order valence-electron chi connectivity index (χ4n) is 3.19. The van der Waals surface area contributed by atoms with Gasteiger partial charge in [0.05, 0.1) is 5.56 Å². The molecule has 0 N–H and O–H groups in total. The topological polar surface area (TPSA) is 35.5 Å². The predicted molar refractivity (Wildman–Crippen MR) is 96.4 cm³/mol. The first-order chi connectivity index (χ1) is 11.7. The van der Waals surface area contributed by atoms with Gasteiger partial charge in [-0.2, -0.15) is 4.89 Å². The lowest BCUT2D eigenvalue weighted by Gasteiger charge is -2.16. The maximum absolute atomic E-state index is 12.3. The van der Waals surface area contributed by atoms with Crippen molar-refractivity contribution < 1.29 is 14.6 Å². The molecule has 0 unspecified atom stereocenters. The summed E-state index contributed by atoms with van der Waals surface area (Å²) in [5, 5.41) is 0. The van der Waals surface area contributed by atoms with Gasteiger partial charge in [0.15, 0.2) is 0 Å². The first-order valence-corrected chi connectivity index (χ1v) is 9.47. The standard InChI is InChI=1S/C21H31O3/c1-17-14-15-18(2)20(16-17)21(22)24-23-19-12-10-8-6-4-3-5-7-9-11-13-19/h14-16H,3-13H2,1-2H3. The minimum absolute atomic E-state index is 0.394. The van der Waals surface area contributed by atoms with Crippen LogP contribution in [0.2, 0.25) is 0 Å². The van der Waals surface area contributed by atoms with Crippen molar-refractivity contribution in [2.75, 3.05) is 0 Å². The van der Waals surface area contributed by atoms with E-state index in [-0.39, 0.29) is 0 Å². The quantitative estimate of drug-likeness (QED) is 0.486. The average Bonchev–Trinajstić information content (AvgIpc) is 2.56. The lowest BCUT2D eigenvalue weighted by atomic mass is 9.99. The van der Waals surface area contributed by atoms with Crippen molar-refractivity contribution in [1.82, 2.24) is 0 Å². The third-order valence-electron chi connectivity index (χ3n) is 4.76. The summed E-state index contributed by atoms with van der Waals surface area (Å²) < 4.78 is 0. The van der Waals surface area contributed by atoms with Crippen LogP contribution in [-0.4, -0.2) is 5.97 Å². The third-order valence-corrected chi connectivity index (χ3v) is 4.76. The molecule has 1 saturated carbocycles. The van der Waals surface area contributed by atoms with Crippen molar-refractivity contribution in [1.29, 1.82) is 0 Å². The molecule has 0 aliphatic heterocycles. The fraction of sp³-hybridized carbons (Fsp3) is 0.619. The van der Waals surface area contributed by atoms with Crippen molar-refractivity contribution in [3.8, 4) is 0 Å². The second-order valence-electron chi connectivity index (χ2n) is 6.99. The van der Waals surface area contributed by atoms with Crippen molar-refractivity contribution in [2.45, 2.75) is 84.5 Å². The molecule has 0 aromatic heterocycles. The van der Waals surface area contributed by atoms with Gasteiger partial charge in [-0.3, -0.25) is 4.89 Å². The molecular formula is C21H31O3. The Bertz CT molecular complexity index is 498. The van der Waals surface area contributed by atoms with E-state index in [1.54, 1.807) is 0 Å². The first-order valence-electron chi connectivity index (χ1n) is 9.47. The molecule has 133 valence electrons. The van der Waals surface area contributed by atoms with Gasteiger partial charge in [-0.15, -0.1) is 0 Å². The van der Waals surface area contributed by atoms with Gasteiger partial charge in [0, 0.05) is 0 Å². The molecule has 1 aliphatic carbocycles.